The first-order chi connectivity index (χ1) is 14.5. The summed E-state index contributed by atoms with van der Waals surface area (Å²) in [6.07, 6.45) is 3.52. The van der Waals surface area contributed by atoms with Crippen LogP contribution in [0, 0.1) is 5.82 Å². The normalized spacial score (nSPS) is 18.1. The fourth-order valence-corrected chi connectivity index (χ4v) is 4.59. The molecule has 2 aromatic carbocycles. The zero-order valence-corrected chi connectivity index (χ0v) is 17.5. The highest BCUT2D eigenvalue weighted by Crippen LogP contribution is 2.32. The van der Waals surface area contributed by atoms with Gasteiger partial charge in [-0.1, -0.05) is 17.7 Å². The first-order valence-electron chi connectivity index (χ1n) is 10.4. The number of nitrogens with one attached hydrogen (secondary N) is 1. The number of hydrogen-bond donors (Lipinski definition) is 1. The molecular formula is C23H25ClFN3O2. The second-order valence-corrected chi connectivity index (χ2v) is 8.21. The Morgan fingerprint density at radius 1 is 1.07 bits per heavy atom. The van der Waals surface area contributed by atoms with E-state index in [0.29, 0.717) is 29.1 Å². The number of halogens is 2. The topological polar surface area (TPSA) is 52.7 Å². The highest BCUT2D eigenvalue weighted by Gasteiger charge is 2.28. The number of rotatable bonds is 6. The van der Waals surface area contributed by atoms with Gasteiger partial charge in [0.1, 0.15) is 5.82 Å². The minimum Gasteiger partial charge on any atom is -0.350 e. The lowest BCUT2D eigenvalue weighted by Crippen LogP contribution is -2.37. The zero-order valence-electron chi connectivity index (χ0n) is 16.7. The molecule has 0 aromatic heterocycles. The molecule has 1 atom stereocenters. The van der Waals surface area contributed by atoms with E-state index in [-0.39, 0.29) is 30.2 Å². The summed E-state index contributed by atoms with van der Waals surface area (Å²) in [6, 6.07) is 11.4. The number of nitrogens with zero attached hydrogens (tertiary/aromatic N) is 2. The summed E-state index contributed by atoms with van der Waals surface area (Å²) in [5, 5.41) is 3.32. The highest BCUT2D eigenvalue weighted by atomic mass is 35.5. The van der Waals surface area contributed by atoms with Crippen molar-refractivity contribution in [3.63, 3.8) is 0 Å². The molecule has 1 N–H and O–H groups in total. The molecule has 0 radical (unpaired) electrons. The Bertz CT molecular complexity index is 908. The molecule has 2 aliphatic rings. The Hall–Kier alpha value is -2.44. The Kier molecular flexibility index (Phi) is 6.35. The second kappa shape index (κ2) is 9.14. The minimum atomic E-state index is -0.353. The third-order valence-electron chi connectivity index (χ3n) is 5.88. The van der Waals surface area contributed by atoms with Gasteiger partial charge in [-0.25, -0.2) is 4.39 Å². The smallest absolute Gasteiger partial charge is 0.251 e. The van der Waals surface area contributed by atoms with Crippen molar-refractivity contribution >= 4 is 29.1 Å². The molecule has 2 amide bonds. The summed E-state index contributed by atoms with van der Waals surface area (Å²) in [5.41, 5.74) is 1.75. The molecule has 2 aliphatic heterocycles. The predicted molar refractivity (Wildman–Crippen MR) is 115 cm³/mol. The summed E-state index contributed by atoms with van der Waals surface area (Å²) >= 11 is 6.31. The number of hydrogen-bond acceptors (Lipinski definition) is 3. The molecular weight excluding hydrogens is 405 g/mol. The van der Waals surface area contributed by atoms with Crippen LogP contribution in [0.1, 0.15) is 47.6 Å². The number of benzene rings is 2. The molecule has 0 bridgehead atoms. The van der Waals surface area contributed by atoms with Gasteiger partial charge in [-0.05, 0) is 68.8 Å². The van der Waals surface area contributed by atoms with Crippen molar-refractivity contribution in [2.75, 3.05) is 31.1 Å². The lowest BCUT2D eigenvalue weighted by molar-refractivity contribution is -0.117. The summed E-state index contributed by atoms with van der Waals surface area (Å²) in [4.78, 5) is 28.5. The number of amides is 2. The SMILES string of the molecule is O=C(NCC(c1c(F)cccc1Cl)N1CCCC1)c1ccc(N2CCCC2=O)cc1. The number of carbonyl (C=O) groups is 2. The van der Waals surface area contributed by atoms with Crippen LogP contribution in [-0.4, -0.2) is 42.9 Å². The summed E-state index contributed by atoms with van der Waals surface area (Å²) in [7, 11) is 0. The van der Waals surface area contributed by atoms with E-state index in [1.165, 1.54) is 6.07 Å². The first-order valence-corrected chi connectivity index (χ1v) is 10.8. The van der Waals surface area contributed by atoms with E-state index >= 15 is 0 Å². The molecule has 2 heterocycles. The average Bonchev–Trinajstić information content (AvgIpc) is 3.42. The molecule has 2 saturated heterocycles. The molecule has 2 fully saturated rings. The van der Waals surface area contributed by atoms with Gasteiger partial charge >= 0.3 is 0 Å². The monoisotopic (exact) mass is 429 g/mol. The average molecular weight is 430 g/mol. The van der Waals surface area contributed by atoms with E-state index in [1.54, 1.807) is 41.3 Å². The lowest BCUT2D eigenvalue weighted by Gasteiger charge is -2.29. The Morgan fingerprint density at radius 3 is 2.43 bits per heavy atom. The van der Waals surface area contributed by atoms with E-state index < -0.39 is 0 Å². The maximum Gasteiger partial charge on any atom is 0.251 e. The molecule has 4 rings (SSSR count). The molecule has 30 heavy (non-hydrogen) atoms. The van der Waals surface area contributed by atoms with Crippen LogP contribution in [-0.2, 0) is 4.79 Å². The summed E-state index contributed by atoms with van der Waals surface area (Å²) < 4.78 is 14.6. The van der Waals surface area contributed by atoms with Gasteiger partial charge in [0.2, 0.25) is 5.91 Å². The van der Waals surface area contributed by atoms with Gasteiger partial charge < -0.3 is 10.2 Å². The van der Waals surface area contributed by atoms with Gasteiger partial charge in [-0.2, -0.15) is 0 Å². The van der Waals surface area contributed by atoms with Crippen LogP contribution in [0.15, 0.2) is 42.5 Å². The molecule has 2 aromatic rings. The van der Waals surface area contributed by atoms with E-state index in [2.05, 4.69) is 10.2 Å². The maximum absolute atomic E-state index is 14.6. The van der Waals surface area contributed by atoms with Crippen LogP contribution in [0.5, 0.6) is 0 Å². The Morgan fingerprint density at radius 2 is 1.80 bits per heavy atom. The quantitative estimate of drug-likeness (QED) is 0.749. The minimum absolute atomic E-state index is 0.113. The van der Waals surface area contributed by atoms with Crippen molar-refractivity contribution in [3.05, 3.63) is 64.4 Å². The first kappa shape index (κ1) is 20.8. The van der Waals surface area contributed by atoms with Crippen LogP contribution in [0.2, 0.25) is 5.02 Å². The van der Waals surface area contributed by atoms with E-state index in [4.69, 9.17) is 11.6 Å². The van der Waals surface area contributed by atoms with Crippen molar-refractivity contribution in [2.45, 2.75) is 31.7 Å². The summed E-state index contributed by atoms with van der Waals surface area (Å²) in [6.45, 7) is 2.69. The molecule has 158 valence electrons. The highest BCUT2D eigenvalue weighted by molar-refractivity contribution is 6.31. The van der Waals surface area contributed by atoms with Gasteiger partial charge in [0.05, 0.1) is 6.04 Å². The summed E-state index contributed by atoms with van der Waals surface area (Å²) in [5.74, 6) is -0.471. The number of anilines is 1. The fraction of sp³-hybridized carbons (Fsp3) is 0.391. The fourth-order valence-electron chi connectivity index (χ4n) is 4.30. The van der Waals surface area contributed by atoms with Gasteiger partial charge in [0, 0.05) is 41.3 Å². The van der Waals surface area contributed by atoms with Crippen LogP contribution >= 0.6 is 11.6 Å². The predicted octanol–water partition coefficient (Wildman–Crippen LogP) is 4.17. The van der Waals surface area contributed by atoms with Crippen molar-refractivity contribution in [1.29, 1.82) is 0 Å². The van der Waals surface area contributed by atoms with Crippen molar-refractivity contribution < 1.29 is 14.0 Å². The third kappa shape index (κ3) is 4.35. The molecule has 5 nitrogen and oxygen atoms in total. The van der Waals surface area contributed by atoms with E-state index in [1.807, 2.05) is 0 Å². The lowest BCUT2D eigenvalue weighted by atomic mass is 10.0. The second-order valence-electron chi connectivity index (χ2n) is 7.80. The number of carbonyl (C=O) groups excluding carboxylic acids is 2. The molecule has 0 saturated carbocycles. The maximum atomic E-state index is 14.6. The Labute approximate surface area is 180 Å². The largest absolute Gasteiger partial charge is 0.350 e. The van der Waals surface area contributed by atoms with Gasteiger partial charge in [0.25, 0.3) is 5.91 Å². The van der Waals surface area contributed by atoms with E-state index in [0.717, 1.165) is 38.0 Å². The van der Waals surface area contributed by atoms with Crippen molar-refractivity contribution in [3.8, 4) is 0 Å². The number of likely N-dealkylation sites (tertiary alicyclic amines) is 1. The van der Waals surface area contributed by atoms with Crippen LogP contribution < -0.4 is 10.2 Å². The molecule has 0 aliphatic carbocycles. The van der Waals surface area contributed by atoms with Crippen LogP contribution in [0.25, 0.3) is 0 Å². The molecule has 1 unspecified atom stereocenters. The third-order valence-corrected chi connectivity index (χ3v) is 6.21. The van der Waals surface area contributed by atoms with Gasteiger partial charge in [0.15, 0.2) is 0 Å². The van der Waals surface area contributed by atoms with Crippen molar-refractivity contribution in [2.24, 2.45) is 0 Å². The van der Waals surface area contributed by atoms with Crippen LogP contribution in [0.4, 0.5) is 10.1 Å². The Balaban J connectivity index is 1.47. The molecule has 7 heteroatoms. The van der Waals surface area contributed by atoms with Crippen LogP contribution in [0.3, 0.4) is 0 Å². The van der Waals surface area contributed by atoms with Gasteiger partial charge in [-0.15, -0.1) is 0 Å². The van der Waals surface area contributed by atoms with Gasteiger partial charge in [-0.3, -0.25) is 14.5 Å². The zero-order chi connectivity index (χ0) is 21.1. The standard InChI is InChI=1S/C23H25ClFN3O2/c24-18-5-3-6-19(25)22(18)20(27-12-1-2-13-27)15-26-23(30)16-8-10-17(11-9-16)28-14-4-7-21(28)29/h3,5-6,8-11,20H,1-2,4,7,12-15H2,(H,26,30). The van der Waals surface area contributed by atoms with Crippen molar-refractivity contribution in [1.82, 2.24) is 10.2 Å². The van der Waals surface area contributed by atoms with E-state index in [9.17, 15) is 14.0 Å². The molecule has 0 spiro atoms.